The van der Waals surface area contributed by atoms with Gasteiger partial charge >= 0.3 is 0 Å². The minimum absolute atomic E-state index is 0.00187. The van der Waals surface area contributed by atoms with Crippen molar-refractivity contribution in [3.63, 3.8) is 0 Å². The Morgan fingerprint density at radius 1 is 1.09 bits per heavy atom. The molecule has 0 atom stereocenters. The van der Waals surface area contributed by atoms with Crippen LogP contribution in [0.5, 0.6) is 11.5 Å². The Morgan fingerprint density at radius 2 is 1.74 bits per heavy atom. The average Bonchev–Trinajstić information content (AvgIpc) is 3.19. The highest BCUT2D eigenvalue weighted by Gasteiger charge is 2.25. The number of aromatic nitrogens is 2. The molecule has 0 unspecified atom stereocenters. The van der Waals surface area contributed by atoms with Gasteiger partial charge in [0, 0.05) is 33.0 Å². The van der Waals surface area contributed by atoms with Crippen molar-refractivity contribution in [2.75, 3.05) is 28.3 Å². The molecule has 3 aromatic rings. The smallest absolute Gasteiger partial charge is 0.242 e. The minimum atomic E-state index is -3.81. The Kier molecular flexibility index (Phi) is 8.24. The zero-order chi connectivity index (χ0) is 24.9. The Labute approximate surface area is 203 Å². The Hall–Kier alpha value is -3.02. The molecule has 0 radical (unpaired) electrons. The maximum absolute atomic E-state index is 12.9. The summed E-state index contributed by atoms with van der Waals surface area (Å²) in [7, 11) is 1.98. The average molecular weight is 504 g/mol. The summed E-state index contributed by atoms with van der Waals surface area (Å²) in [5.74, 6) is 0.637. The lowest BCUT2D eigenvalue weighted by molar-refractivity contribution is 0.353. The summed E-state index contributed by atoms with van der Waals surface area (Å²) in [6, 6.07) is 13.1. The largest absolute Gasteiger partial charge is 0.493 e. The first-order valence-corrected chi connectivity index (χ1v) is 12.9. The quantitative estimate of drug-likeness (QED) is 0.325. The lowest BCUT2D eigenvalue weighted by Gasteiger charge is -2.18. The lowest BCUT2D eigenvalue weighted by Crippen LogP contribution is -2.27. The number of sulfonamides is 1. The molecule has 3 rings (SSSR count). The third-order valence-corrected chi connectivity index (χ3v) is 8.04. The van der Waals surface area contributed by atoms with Crippen molar-refractivity contribution in [1.29, 1.82) is 10.8 Å². The van der Waals surface area contributed by atoms with Gasteiger partial charge in [0.05, 0.1) is 19.1 Å². The number of aryl methyl sites for hydroxylation is 2. The summed E-state index contributed by atoms with van der Waals surface area (Å²) in [6.45, 7) is 0. The van der Waals surface area contributed by atoms with Crippen molar-refractivity contribution < 1.29 is 17.9 Å². The highest BCUT2D eigenvalue weighted by atomic mass is 32.2. The molecule has 182 valence electrons. The van der Waals surface area contributed by atoms with E-state index in [1.54, 1.807) is 6.07 Å². The number of nitrogens with one attached hydrogen (secondary N) is 2. The van der Waals surface area contributed by atoms with Crippen LogP contribution in [-0.4, -0.2) is 56.7 Å². The number of hydrogen-bond acceptors (Lipinski definition) is 8. The molecule has 1 heterocycles. The summed E-state index contributed by atoms with van der Waals surface area (Å²) >= 11 is 1.22. The van der Waals surface area contributed by atoms with Crippen molar-refractivity contribution in [2.24, 2.45) is 0 Å². The molecule has 9 nitrogen and oxygen atoms in total. The molecule has 0 aliphatic heterocycles. The predicted molar refractivity (Wildman–Crippen MR) is 132 cm³/mol. The highest BCUT2D eigenvalue weighted by molar-refractivity contribution is 7.89. The van der Waals surface area contributed by atoms with E-state index in [1.165, 1.54) is 56.0 Å². The van der Waals surface area contributed by atoms with Crippen LogP contribution < -0.4 is 14.3 Å². The lowest BCUT2D eigenvalue weighted by atomic mass is 10.1. The number of benzene rings is 2. The molecular weight excluding hydrogens is 474 g/mol. The number of methoxy groups -OCH3 is 2. The molecule has 34 heavy (non-hydrogen) atoms. The molecule has 0 aliphatic carbocycles. The number of rotatable bonds is 10. The second-order valence-electron chi connectivity index (χ2n) is 7.78. The first-order valence-electron chi connectivity index (χ1n) is 10.6. The standard InChI is InChI=1S/C23H29N5O4S2/c1-27(2)34(29,30)20-15-19(32-4)18(31-3)13-17(20)14-21(24)28-23(25)33-22(26-28)12-8-11-16-9-6-5-7-10-16/h5-7,9-10,13,15,24-25H,8,11-12,14H2,1-4H3. The molecule has 0 amide bonds. The van der Waals surface area contributed by atoms with Gasteiger partial charge in [-0.05, 0) is 30.0 Å². The van der Waals surface area contributed by atoms with Crippen molar-refractivity contribution in [3.8, 4) is 11.5 Å². The van der Waals surface area contributed by atoms with E-state index in [9.17, 15) is 8.42 Å². The molecule has 2 N–H and O–H groups in total. The van der Waals surface area contributed by atoms with Gasteiger partial charge < -0.3 is 9.47 Å². The van der Waals surface area contributed by atoms with Crippen LogP contribution in [0, 0.1) is 10.8 Å². The van der Waals surface area contributed by atoms with E-state index in [1.807, 2.05) is 18.2 Å². The third kappa shape index (κ3) is 5.72. The molecule has 1 aromatic heterocycles. The van der Waals surface area contributed by atoms with E-state index >= 15 is 0 Å². The van der Waals surface area contributed by atoms with Crippen LogP contribution in [0.3, 0.4) is 0 Å². The van der Waals surface area contributed by atoms with Crippen molar-refractivity contribution in [2.45, 2.75) is 30.6 Å². The van der Waals surface area contributed by atoms with Crippen molar-refractivity contribution in [1.82, 2.24) is 14.1 Å². The molecule has 0 saturated carbocycles. The molecule has 0 saturated heterocycles. The van der Waals surface area contributed by atoms with Crippen LogP contribution in [0.15, 0.2) is 47.4 Å². The first kappa shape index (κ1) is 25.6. The van der Waals surface area contributed by atoms with Crippen LogP contribution in [0.4, 0.5) is 0 Å². The van der Waals surface area contributed by atoms with E-state index in [0.29, 0.717) is 17.7 Å². The molecule has 2 aromatic carbocycles. The summed E-state index contributed by atoms with van der Waals surface area (Å²) in [5, 5.41) is 22.1. The second-order valence-corrected chi connectivity index (χ2v) is 11.0. The topological polar surface area (TPSA) is 121 Å². The Bertz CT molecular complexity index is 1310. The van der Waals surface area contributed by atoms with E-state index < -0.39 is 10.0 Å². The number of nitrogens with zero attached hydrogens (tertiary/aromatic N) is 3. The van der Waals surface area contributed by atoms with Gasteiger partial charge in [0.1, 0.15) is 10.8 Å². The predicted octanol–water partition coefficient (Wildman–Crippen LogP) is 2.93. The van der Waals surface area contributed by atoms with Gasteiger partial charge in [-0.2, -0.15) is 9.78 Å². The molecule has 0 spiro atoms. The number of ether oxygens (including phenoxy) is 2. The fraction of sp³-hybridized carbons (Fsp3) is 0.348. The van der Waals surface area contributed by atoms with Gasteiger partial charge in [-0.3, -0.25) is 10.8 Å². The van der Waals surface area contributed by atoms with Crippen LogP contribution >= 0.6 is 11.3 Å². The van der Waals surface area contributed by atoms with E-state index in [0.717, 1.165) is 22.2 Å². The fourth-order valence-corrected chi connectivity index (χ4v) is 5.38. The molecule has 0 bridgehead atoms. The maximum atomic E-state index is 12.9. The Balaban J connectivity index is 1.84. The summed E-state index contributed by atoms with van der Waals surface area (Å²) in [6.07, 6.45) is 2.43. The van der Waals surface area contributed by atoms with Gasteiger partial charge in [-0.15, -0.1) is 0 Å². The molecule has 0 fully saturated rings. The minimum Gasteiger partial charge on any atom is -0.493 e. The van der Waals surface area contributed by atoms with Crippen LogP contribution in [0.25, 0.3) is 0 Å². The summed E-state index contributed by atoms with van der Waals surface area (Å²) in [4.78, 5) is 0.141. The van der Waals surface area contributed by atoms with Gasteiger partial charge in [0.25, 0.3) is 0 Å². The van der Waals surface area contributed by atoms with Crippen LogP contribution in [-0.2, 0) is 29.3 Å². The van der Waals surface area contributed by atoms with Crippen LogP contribution in [0.2, 0.25) is 0 Å². The van der Waals surface area contributed by atoms with E-state index in [2.05, 4.69) is 17.2 Å². The van der Waals surface area contributed by atoms with E-state index in [4.69, 9.17) is 20.3 Å². The van der Waals surface area contributed by atoms with Gasteiger partial charge in [-0.1, -0.05) is 41.7 Å². The summed E-state index contributed by atoms with van der Waals surface area (Å²) in [5.41, 5.74) is 1.61. The third-order valence-electron chi connectivity index (χ3n) is 5.26. The monoisotopic (exact) mass is 503 g/mol. The zero-order valence-corrected chi connectivity index (χ0v) is 21.3. The van der Waals surface area contributed by atoms with Gasteiger partial charge in [0.15, 0.2) is 11.5 Å². The number of hydrogen-bond donors (Lipinski definition) is 2. The zero-order valence-electron chi connectivity index (χ0n) is 19.7. The molecule has 0 aliphatic rings. The Morgan fingerprint density at radius 3 is 2.35 bits per heavy atom. The normalized spacial score (nSPS) is 11.6. The SMILES string of the molecule is COc1cc(CC(=N)n2nc(CCCc3ccccc3)sc2=N)c(S(=O)(=O)N(C)C)cc1OC. The molecule has 11 heteroatoms. The molecular formula is C23H29N5O4S2. The highest BCUT2D eigenvalue weighted by Crippen LogP contribution is 2.34. The van der Waals surface area contributed by atoms with E-state index in [-0.39, 0.29) is 27.7 Å². The van der Waals surface area contributed by atoms with Crippen molar-refractivity contribution >= 4 is 27.2 Å². The maximum Gasteiger partial charge on any atom is 0.242 e. The van der Waals surface area contributed by atoms with Gasteiger partial charge in [-0.25, -0.2) is 12.7 Å². The first-order chi connectivity index (χ1) is 16.2. The summed E-state index contributed by atoms with van der Waals surface area (Å²) < 4.78 is 38.9. The van der Waals surface area contributed by atoms with Gasteiger partial charge in [0.2, 0.25) is 14.8 Å². The second kappa shape index (κ2) is 10.9. The van der Waals surface area contributed by atoms with Crippen LogP contribution in [0.1, 0.15) is 22.6 Å². The fourth-order valence-electron chi connectivity index (χ4n) is 3.44. The van der Waals surface area contributed by atoms with Crippen molar-refractivity contribution in [3.05, 3.63) is 63.4 Å².